The van der Waals surface area contributed by atoms with Crippen LogP contribution >= 0.6 is 23.1 Å². The van der Waals surface area contributed by atoms with Gasteiger partial charge in [0.1, 0.15) is 5.82 Å². The van der Waals surface area contributed by atoms with E-state index in [0.29, 0.717) is 22.8 Å². The van der Waals surface area contributed by atoms with E-state index in [0.717, 1.165) is 41.6 Å². The number of carbonyl (C=O) groups is 1. The van der Waals surface area contributed by atoms with Crippen LogP contribution in [0.1, 0.15) is 61.6 Å². The molecule has 0 atom stereocenters. The molecule has 0 unspecified atom stereocenters. The second-order valence-corrected chi connectivity index (χ2v) is 9.81. The van der Waals surface area contributed by atoms with Crippen molar-refractivity contribution in [1.29, 1.82) is 0 Å². The third-order valence-corrected chi connectivity index (χ3v) is 7.22. The fourth-order valence-electron chi connectivity index (χ4n) is 3.53. The lowest BCUT2D eigenvalue weighted by Gasteiger charge is -2.19. The molecule has 0 bridgehead atoms. The molecule has 0 N–H and O–H groups in total. The van der Waals surface area contributed by atoms with Crippen molar-refractivity contribution in [2.75, 3.05) is 4.90 Å². The van der Waals surface area contributed by atoms with Crippen LogP contribution in [-0.4, -0.2) is 25.7 Å². The highest BCUT2D eigenvalue weighted by Crippen LogP contribution is 2.46. The van der Waals surface area contributed by atoms with Gasteiger partial charge in [0.2, 0.25) is 5.91 Å². The average molecular weight is 480 g/mol. The maximum Gasteiger partial charge on any atom is 0.416 e. The summed E-state index contributed by atoms with van der Waals surface area (Å²) in [5.41, 5.74) is 0.0782. The number of alkyl halides is 3. The van der Waals surface area contributed by atoms with Gasteiger partial charge in [-0.2, -0.15) is 13.2 Å². The van der Waals surface area contributed by atoms with Crippen molar-refractivity contribution in [3.63, 3.8) is 0 Å². The molecule has 0 saturated heterocycles. The molecule has 2 saturated carbocycles. The van der Waals surface area contributed by atoms with Crippen LogP contribution in [-0.2, 0) is 16.7 Å². The van der Waals surface area contributed by atoms with Gasteiger partial charge >= 0.3 is 6.18 Å². The van der Waals surface area contributed by atoms with E-state index >= 15 is 0 Å². The lowest BCUT2D eigenvalue weighted by atomic mass is 10.2. The van der Waals surface area contributed by atoms with Crippen LogP contribution in [0, 0.1) is 0 Å². The molecule has 32 heavy (non-hydrogen) atoms. The van der Waals surface area contributed by atoms with Crippen LogP contribution in [0.15, 0.2) is 34.8 Å². The summed E-state index contributed by atoms with van der Waals surface area (Å²) in [4.78, 5) is 18.0. The van der Waals surface area contributed by atoms with Gasteiger partial charge in [0, 0.05) is 30.0 Å². The Kier molecular flexibility index (Phi) is 5.48. The predicted molar refractivity (Wildman–Crippen MR) is 116 cm³/mol. The van der Waals surface area contributed by atoms with Crippen LogP contribution in [0.3, 0.4) is 0 Å². The van der Waals surface area contributed by atoms with Crippen LogP contribution in [0.25, 0.3) is 0 Å². The fourth-order valence-corrected chi connectivity index (χ4v) is 5.43. The van der Waals surface area contributed by atoms with Gasteiger partial charge in [-0.3, -0.25) is 9.69 Å². The molecule has 6 nitrogen and oxygen atoms in total. The number of rotatable bonds is 7. The molecule has 3 aromatic rings. The highest BCUT2D eigenvalue weighted by molar-refractivity contribution is 7.98. The minimum atomic E-state index is -4.49. The van der Waals surface area contributed by atoms with Crippen molar-refractivity contribution in [1.82, 2.24) is 19.7 Å². The molecule has 0 aliphatic heterocycles. The lowest BCUT2D eigenvalue weighted by molar-refractivity contribution is -0.137. The van der Waals surface area contributed by atoms with Gasteiger partial charge in [0.15, 0.2) is 10.3 Å². The third kappa shape index (κ3) is 4.40. The summed E-state index contributed by atoms with van der Waals surface area (Å²) in [6.07, 6.45) is 0.149. The van der Waals surface area contributed by atoms with E-state index in [1.165, 1.54) is 48.1 Å². The Morgan fingerprint density at radius 3 is 2.69 bits per heavy atom. The van der Waals surface area contributed by atoms with Crippen molar-refractivity contribution in [2.45, 2.75) is 61.7 Å². The summed E-state index contributed by atoms with van der Waals surface area (Å²) in [6.45, 7) is 1.31. The minimum absolute atomic E-state index is 0.142. The highest BCUT2D eigenvalue weighted by Gasteiger charge is 2.36. The van der Waals surface area contributed by atoms with Crippen LogP contribution in [0.2, 0.25) is 0 Å². The van der Waals surface area contributed by atoms with Gasteiger partial charge in [-0.25, -0.2) is 4.98 Å². The SMILES string of the molecule is CC(=O)N(c1cccc(C(F)(F)F)c1)c1nc(CSc2nnc(C3CC3)n2C2CC2)cs1. The molecule has 0 spiro atoms. The van der Waals surface area contributed by atoms with Crippen molar-refractivity contribution >= 4 is 39.8 Å². The number of thiazole rings is 1. The van der Waals surface area contributed by atoms with E-state index < -0.39 is 17.6 Å². The predicted octanol–water partition coefficient (Wildman–Crippen LogP) is 5.94. The Hall–Kier alpha value is -2.40. The monoisotopic (exact) mass is 479 g/mol. The summed E-state index contributed by atoms with van der Waals surface area (Å²) in [6, 6.07) is 5.21. The number of aromatic nitrogens is 4. The fraction of sp³-hybridized carbons (Fsp3) is 0.429. The van der Waals surface area contributed by atoms with Crippen LogP contribution in [0.4, 0.5) is 24.0 Å². The van der Waals surface area contributed by atoms with Gasteiger partial charge in [-0.1, -0.05) is 17.8 Å². The van der Waals surface area contributed by atoms with Gasteiger partial charge < -0.3 is 4.57 Å². The Balaban J connectivity index is 1.34. The molecule has 11 heteroatoms. The zero-order valence-corrected chi connectivity index (χ0v) is 18.8. The number of halogens is 3. The van der Waals surface area contributed by atoms with Crippen molar-refractivity contribution < 1.29 is 18.0 Å². The van der Waals surface area contributed by atoms with Gasteiger partial charge in [-0.05, 0) is 43.9 Å². The van der Waals surface area contributed by atoms with E-state index in [-0.39, 0.29) is 5.69 Å². The van der Waals surface area contributed by atoms with E-state index in [1.807, 2.05) is 5.38 Å². The first-order chi connectivity index (χ1) is 15.3. The van der Waals surface area contributed by atoms with E-state index in [9.17, 15) is 18.0 Å². The van der Waals surface area contributed by atoms with Crippen molar-refractivity contribution in [3.05, 3.63) is 46.7 Å². The van der Waals surface area contributed by atoms with E-state index in [2.05, 4.69) is 19.7 Å². The molecule has 168 valence electrons. The van der Waals surface area contributed by atoms with Crippen LogP contribution < -0.4 is 4.90 Å². The van der Waals surface area contributed by atoms with Crippen LogP contribution in [0.5, 0.6) is 0 Å². The smallest absolute Gasteiger partial charge is 0.303 e. The number of benzene rings is 1. The standard InChI is InChI=1S/C21H20F3N5OS2/c1-12(30)28(17-4-2-3-14(9-17)21(22,23)24)19-25-15(10-31-19)11-32-20-27-26-18(13-5-6-13)29(20)16-7-8-16/h2-4,9-10,13,16H,5-8,11H2,1H3. The maximum atomic E-state index is 13.1. The van der Waals surface area contributed by atoms with Gasteiger partial charge in [0.25, 0.3) is 0 Å². The van der Waals surface area contributed by atoms with E-state index in [4.69, 9.17) is 0 Å². The van der Waals surface area contributed by atoms with Crippen molar-refractivity contribution in [3.8, 4) is 0 Å². The molecule has 0 radical (unpaired) electrons. The molecular formula is C21H20F3N5OS2. The lowest BCUT2D eigenvalue weighted by Crippen LogP contribution is -2.23. The highest BCUT2D eigenvalue weighted by atomic mass is 32.2. The molecular weight excluding hydrogens is 459 g/mol. The maximum absolute atomic E-state index is 13.1. The van der Waals surface area contributed by atoms with Crippen molar-refractivity contribution in [2.24, 2.45) is 0 Å². The summed E-state index contributed by atoms with van der Waals surface area (Å²) >= 11 is 2.78. The number of amides is 1. The molecule has 1 aromatic carbocycles. The summed E-state index contributed by atoms with van der Waals surface area (Å²) in [5, 5.41) is 11.8. The molecule has 2 aliphatic rings. The Morgan fingerprint density at radius 1 is 1.25 bits per heavy atom. The second-order valence-electron chi connectivity index (χ2n) is 8.03. The zero-order chi connectivity index (χ0) is 22.5. The summed E-state index contributed by atoms with van der Waals surface area (Å²) in [5.74, 6) is 1.75. The molecule has 2 aliphatic carbocycles. The first-order valence-electron chi connectivity index (χ1n) is 10.3. The second kappa shape index (κ2) is 8.18. The number of hydrogen-bond donors (Lipinski definition) is 0. The molecule has 2 fully saturated rings. The largest absolute Gasteiger partial charge is 0.416 e. The molecule has 5 rings (SSSR count). The molecule has 2 aromatic heterocycles. The number of hydrogen-bond acceptors (Lipinski definition) is 6. The summed E-state index contributed by atoms with van der Waals surface area (Å²) < 4.78 is 41.6. The van der Waals surface area contributed by atoms with Gasteiger partial charge in [-0.15, -0.1) is 21.5 Å². The quantitative estimate of drug-likeness (QED) is 0.392. The summed E-state index contributed by atoms with van der Waals surface area (Å²) in [7, 11) is 0. The Morgan fingerprint density at radius 2 is 2.03 bits per heavy atom. The number of nitrogens with zero attached hydrogens (tertiary/aromatic N) is 5. The molecule has 1 amide bonds. The number of anilines is 2. The number of thioether (sulfide) groups is 1. The third-order valence-electron chi connectivity index (χ3n) is 5.37. The van der Waals surface area contributed by atoms with E-state index in [1.54, 1.807) is 11.8 Å². The first-order valence-corrected chi connectivity index (χ1v) is 12.2. The Labute approximate surface area is 190 Å². The average Bonchev–Trinajstić information content (AvgIpc) is 3.67. The first kappa shape index (κ1) is 21.4. The number of carbonyl (C=O) groups excluding carboxylic acids is 1. The Bertz CT molecular complexity index is 1150. The normalized spacial score (nSPS) is 16.4. The van der Waals surface area contributed by atoms with Gasteiger partial charge in [0.05, 0.1) is 16.9 Å². The minimum Gasteiger partial charge on any atom is -0.303 e. The topological polar surface area (TPSA) is 63.9 Å². The molecule has 2 heterocycles. The zero-order valence-electron chi connectivity index (χ0n) is 17.2.